The maximum Gasteiger partial charge on any atom is 1.00 e. The van der Waals surface area contributed by atoms with Crippen molar-refractivity contribution in [2.24, 2.45) is 0 Å². The molecule has 0 aliphatic carbocycles. The van der Waals surface area contributed by atoms with E-state index in [1.807, 2.05) is 0 Å². The molecule has 200 valence electrons. The smallest absolute Gasteiger partial charge is 0.790 e. The molecule has 0 rings (SSSR count). The second kappa shape index (κ2) is 23.6. The molecule has 0 unspecified atom stereocenters. The van der Waals surface area contributed by atoms with E-state index in [9.17, 15) is 24.6 Å². The Kier molecular flexibility index (Phi) is 40.4. The van der Waals surface area contributed by atoms with Crippen molar-refractivity contribution in [3.8, 4) is 0 Å². The fourth-order valence-electron chi connectivity index (χ4n) is 0. The van der Waals surface area contributed by atoms with Crippen LogP contribution < -0.4 is 79.8 Å². The summed E-state index contributed by atoms with van der Waals surface area (Å²) in [5.74, 6) is 0. The number of hydrogen-bond acceptors (Lipinski definition) is 19. The van der Waals surface area contributed by atoms with Gasteiger partial charge in [-0.15, -0.1) is 0 Å². The van der Waals surface area contributed by atoms with Gasteiger partial charge < -0.3 is 92.5 Å². The Balaban J connectivity index is -0.0000000356. The number of halogens is 6. The summed E-state index contributed by atoms with van der Waals surface area (Å²) < 4.78 is 62.8. The Morgan fingerprint density at radius 3 is 0.344 bits per heavy atom. The van der Waals surface area contributed by atoms with E-state index in [1.54, 1.807) is 0 Å². The predicted octanol–water partition coefficient (Wildman–Crippen LogP) is -13.3. The van der Waals surface area contributed by atoms with Crippen LogP contribution in [0.3, 0.4) is 0 Å². The van der Waals surface area contributed by atoms with Crippen molar-refractivity contribution in [2.45, 2.75) is 0 Å². The van der Waals surface area contributed by atoms with Crippen molar-refractivity contribution < 1.29 is 180 Å². The summed E-state index contributed by atoms with van der Waals surface area (Å²) in [5, 5.41) is 0. The molecule has 0 aliphatic heterocycles. The van der Waals surface area contributed by atoms with Gasteiger partial charge in [0.05, 0.1) is 0 Å². The maximum absolute atomic E-state index is 10.5. The molecule has 0 aliphatic rings. The monoisotopic (exact) mass is 737 g/mol. The fraction of sp³-hybridized carbons (Fsp3) is 0. The second-order valence-electron chi connectivity index (χ2n) is 3.30. The third-order valence-corrected chi connectivity index (χ3v) is 0. The van der Waals surface area contributed by atoms with Gasteiger partial charge in [0.1, 0.15) is 0 Å². The van der Waals surface area contributed by atoms with Gasteiger partial charge in [-0.05, 0) is 0 Å². The average molecular weight is 738 g/mol. The van der Waals surface area contributed by atoms with Crippen LogP contribution in [0.25, 0.3) is 0 Å². The van der Waals surface area contributed by atoms with E-state index in [2.05, 4.69) is 0 Å². The normalized spacial score (nSPS) is 11.2. The van der Waals surface area contributed by atoms with Crippen molar-refractivity contribution in [1.82, 2.24) is 6.15 Å². The summed E-state index contributed by atoms with van der Waals surface area (Å²) in [5.41, 5.74) is 0. The molecule has 20 N–H and O–H groups in total. The molecule has 0 saturated heterocycles. The standard InChI is InChI=1S/Cs.5FH3O3Si.FH2O3Si.H3N/c;6*1-5(2,3)4;/h;5*2-4H;2-3H;1H3/q+1;;;;;;-1;. The minimum absolute atomic E-state index is 0. The van der Waals surface area contributed by atoms with Gasteiger partial charge in [0.2, 0.25) is 0 Å². The number of hydrogen-bond donors (Lipinski definition) is 18. The van der Waals surface area contributed by atoms with Crippen molar-refractivity contribution >= 4 is 54.8 Å². The Hall–Kier alpha value is 2.17. The molecule has 0 saturated carbocycles. The van der Waals surface area contributed by atoms with E-state index >= 15 is 0 Å². The predicted molar refractivity (Wildman–Crippen MR) is 83.9 cm³/mol. The molecule has 0 fully saturated rings. The van der Waals surface area contributed by atoms with Crippen LogP contribution in [0.1, 0.15) is 0 Å². The Bertz CT molecular complexity index is 240. The molecule has 0 spiro atoms. The van der Waals surface area contributed by atoms with E-state index in [0.29, 0.717) is 0 Å². The minimum atomic E-state index is -5.36. The SMILES string of the molecule is N.O[Si](O)(O)F.O[Si](O)(O)F.O[Si](O)(O)F.O[Si](O)(O)F.O[Si](O)(O)F.[Cs+].[O-][Si](O)(O)F. The van der Waals surface area contributed by atoms with E-state index in [1.165, 1.54) is 0 Å². The van der Waals surface area contributed by atoms with Gasteiger partial charge in [-0.3, -0.25) is 4.11 Å². The summed E-state index contributed by atoms with van der Waals surface area (Å²) >= 11 is 0. The maximum atomic E-state index is 10.5. The zero-order valence-corrected chi connectivity index (χ0v) is 27.3. The van der Waals surface area contributed by atoms with Crippen LogP contribution in [0.4, 0.5) is 24.6 Å². The zero-order valence-electron chi connectivity index (χ0n) is 15.0. The summed E-state index contributed by atoms with van der Waals surface area (Å²) in [6.07, 6.45) is 0. The summed E-state index contributed by atoms with van der Waals surface area (Å²) in [7, 11) is -30.9. The average Bonchev–Trinajstić information content (AvgIpc) is 1.94. The van der Waals surface area contributed by atoms with Gasteiger partial charge in [0.25, 0.3) is 0 Å². The van der Waals surface area contributed by atoms with Crippen LogP contribution in [-0.2, 0) is 0 Å². The second-order valence-corrected chi connectivity index (χ2v) is 9.89. The van der Waals surface area contributed by atoms with Gasteiger partial charge >= 0.3 is 124 Å². The molecule has 0 radical (unpaired) electrons. The van der Waals surface area contributed by atoms with Gasteiger partial charge in [0, 0.05) is 0 Å². The van der Waals surface area contributed by atoms with Crippen LogP contribution >= 0.6 is 0 Å². The first kappa shape index (κ1) is 54.9. The van der Waals surface area contributed by atoms with Gasteiger partial charge in [-0.1, -0.05) is 0 Å². The van der Waals surface area contributed by atoms with Crippen LogP contribution in [0.5, 0.6) is 0 Å². The van der Waals surface area contributed by atoms with Crippen LogP contribution in [0.15, 0.2) is 0 Å². The fourth-order valence-corrected chi connectivity index (χ4v) is 0. The first-order valence-electron chi connectivity index (χ1n) is 5.14. The van der Waals surface area contributed by atoms with Crippen molar-refractivity contribution in [3.63, 3.8) is 0 Å². The van der Waals surface area contributed by atoms with E-state index in [0.717, 1.165) is 0 Å². The van der Waals surface area contributed by atoms with Crippen molar-refractivity contribution in [3.05, 3.63) is 0 Å². The zero-order chi connectivity index (χ0) is 27.0. The topological polar surface area (TPSA) is 402 Å². The van der Waals surface area contributed by atoms with Gasteiger partial charge in [-0.2, -0.15) is 0 Å². The third kappa shape index (κ3) is 6620. The first-order valence-corrected chi connectivity index (χ1v) is 15.4. The summed E-state index contributed by atoms with van der Waals surface area (Å²) in [6.45, 7) is 0. The molecular weight excluding hydrogens is 717 g/mol. The molecule has 0 bridgehead atoms. The van der Waals surface area contributed by atoms with Crippen molar-refractivity contribution in [1.29, 1.82) is 0 Å². The molecule has 0 heterocycles. The summed E-state index contributed by atoms with van der Waals surface area (Å²) in [6, 6.07) is 0. The molecular formula is H20CsF6NO18Si6. The first-order chi connectivity index (χ1) is 12.0. The van der Waals surface area contributed by atoms with Gasteiger partial charge in [-0.25, -0.2) is 20.5 Å². The Morgan fingerprint density at radius 2 is 0.344 bits per heavy atom. The van der Waals surface area contributed by atoms with E-state index in [-0.39, 0.29) is 75.0 Å². The van der Waals surface area contributed by atoms with Crippen molar-refractivity contribution in [2.75, 3.05) is 0 Å². The number of rotatable bonds is 0. The largest absolute Gasteiger partial charge is 1.00 e. The molecule has 0 amide bonds. The summed E-state index contributed by atoms with van der Waals surface area (Å²) in [4.78, 5) is 129. The van der Waals surface area contributed by atoms with Crippen LogP contribution in [0, 0.1) is 0 Å². The molecule has 32 heteroatoms. The van der Waals surface area contributed by atoms with Crippen LogP contribution in [-0.4, -0.2) is 136 Å². The quantitative estimate of drug-likeness (QED) is 0.0623. The molecule has 32 heavy (non-hydrogen) atoms. The van der Waals surface area contributed by atoms with Crippen LogP contribution in [0.2, 0.25) is 0 Å². The molecule has 0 aromatic rings. The molecule has 19 nitrogen and oxygen atoms in total. The van der Waals surface area contributed by atoms with E-state index in [4.69, 9.17) is 86.3 Å². The van der Waals surface area contributed by atoms with E-state index < -0.39 is 54.8 Å². The third-order valence-electron chi connectivity index (χ3n) is 0. The molecule has 0 atom stereocenters. The van der Waals surface area contributed by atoms with Gasteiger partial charge in [0.15, 0.2) is 0 Å². The molecule has 0 aromatic carbocycles. The minimum Gasteiger partial charge on any atom is -0.790 e. The molecule has 0 aromatic heterocycles. The Morgan fingerprint density at radius 1 is 0.344 bits per heavy atom. The Labute approximate surface area is 238 Å².